The lowest BCUT2D eigenvalue weighted by atomic mass is 9.74. The van der Waals surface area contributed by atoms with Gasteiger partial charge in [0.1, 0.15) is 0 Å². The highest BCUT2D eigenvalue weighted by atomic mass is 16.5. The molecule has 1 rings (SSSR count). The Bertz CT molecular complexity index is 145. The molecule has 0 heterocycles. The van der Waals surface area contributed by atoms with Crippen molar-refractivity contribution >= 4 is 0 Å². The molecule has 2 nitrogen and oxygen atoms in total. The summed E-state index contributed by atoms with van der Waals surface area (Å²) >= 11 is 0. The number of hydrogen-bond donors (Lipinski definition) is 1. The molecule has 1 fully saturated rings. The summed E-state index contributed by atoms with van der Waals surface area (Å²) in [4.78, 5) is 0. The Morgan fingerprint density at radius 1 is 1.31 bits per heavy atom. The van der Waals surface area contributed by atoms with Crippen LogP contribution in [0.5, 0.6) is 0 Å². The van der Waals surface area contributed by atoms with E-state index >= 15 is 0 Å². The van der Waals surface area contributed by atoms with E-state index in [4.69, 9.17) is 4.74 Å². The lowest BCUT2D eigenvalue weighted by molar-refractivity contribution is -0.152. The van der Waals surface area contributed by atoms with Gasteiger partial charge in [0.25, 0.3) is 0 Å². The van der Waals surface area contributed by atoms with E-state index in [0.717, 1.165) is 25.7 Å². The molecule has 0 amide bonds. The van der Waals surface area contributed by atoms with Crippen molar-refractivity contribution in [3.8, 4) is 0 Å². The minimum atomic E-state index is -0.256. The van der Waals surface area contributed by atoms with E-state index in [-0.39, 0.29) is 11.7 Å². The van der Waals surface area contributed by atoms with Gasteiger partial charge in [0, 0.05) is 7.11 Å². The maximum atomic E-state index is 9.94. The van der Waals surface area contributed by atoms with Gasteiger partial charge in [0.05, 0.1) is 11.7 Å². The van der Waals surface area contributed by atoms with Gasteiger partial charge in [-0.2, -0.15) is 0 Å². The maximum absolute atomic E-state index is 9.94. The van der Waals surface area contributed by atoms with Crippen molar-refractivity contribution in [1.29, 1.82) is 0 Å². The molecule has 0 bridgehead atoms. The predicted molar refractivity (Wildman–Crippen MR) is 53.7 cm³/mol. The van der Waals surface area contributed by atoms with Crippen LogP contribution in [0, 0.1) is 5.92 Å². The predicted octanol–water partition coefficient (Wildman–Crippen LogP) is 2.35. The van der Waals surface area contributed by atoms with E-state index in [1.54, 1.807) is 7.11 Å². The largest absolute Gasteiger partial charge is 0.390 e. The van der Waals surface area contributed by atoms with Crippen molar-refractivity contribution in [2.45, 2.75) is 57.7 Å². The molecule has 1 unspecified atom stereocenters. The summed E-state index contributed by atoms with van der Waals surface area (Å²) in [6.07, 6.45) is 4.98. The zero-order valence-corrected chi connectivity index (χ0v) is 9.05. The molecule has 13 heavy (non-hydrogen) atoms. The minimum absolute atomic E-state index is 0.186. The first kappa shape index (κ1) is 11.0. The van der Waals surface area contributed by atoms with Crippen molar-refractivity contribution in [3.63, 3.8) is 0 Å². The first-order chi connectivity index (χ1) is 6.10. The Kier molecular flexibility index (Phi) is 3.74. The summed E-state index contributed by atoms with van der Waals surface area (Å²) in [5.41, 5.74) is -0.186. The van der Waals surface area contributed by atoms with Gasteiger partial charge in [-0.15, -0.1) is 0 Å². The van der Waals surface area contributed by atoms with Crippen LogP contribution in [0.4, 0.5) is 0 Å². The standard InChI is InChI=1S/C11H22O2/c1-9(2)5-6-10(12)11(13-3)7-4-8-11/h9-10,12H,4-8H2,1-3H3. The Morgan fingerprint density at radius 2 is 1.92 bits per heavy atom. The van der Waals surface area contributed by atoms with Gasteiger partial charge in [0.15, 0.2) is 0 Å². The lowest BCUT2D eigenvalue weighted by Gasteiger charge is -2.44. The van der Waals surface area contributed by atoms with Crippen LogP contribution in [0.3, 0.4) is 0 Å². The summed E-state index contributed by atoms with van der Waals surface area (Å²) < 4.78 is 5.42. The first-order valence-electron chi connectivity index (χ1n) is 5.34. The van der Waals surface area contributed by atoms with Gasteiger partial charge in [0.2, 0.25) is 0 Å². The van der Waals surface area contributed by atoms with Gasteiger partial charge in [-0.3, -0.25) is 0 Å². The van der Waals surface area contributed by atoms with Gasteiger partial charge in [-0.25, -0.2) is 0 Å². The van der Waals surface area contributed by atoms with Crippen molar-refractivity contribution in [2.24, 2.45) is 5.92 Å². The fraction of sp³-hybridized carbons (Fsp3) is 1.00. The van der Waals surface area contributed by atoms with Crippen LogP contribution < -0.4 is 0 Å². The second kappa shape index (κ2) is 4.43. The van der Waals surface area contributed by atoms with E-state index in [0.29, 0.717) is 5.92 Å². The summed E-state index contributed by atoms with van der Waals surface area (Å²) in [5, 5.41) is 9.94. The molecule has 0 aromatic rings. The second-order valence-electron chi connectivity index (χ2n) is 4.61. The molecule has 78 valence electrons. The fourth-order valence-corrected chi connectivity index (χ4v) is 1.95. The lowest BCUT2D eigenvalue weighted by Crippen LogP contribution is -2.50. The third kappa shape index (κ3) is 2.44. The van der Waals surface area contributed by atoms with Crippen molar-refractivity contribution in [3.05, 3.63) is 0 Å². The summed E-state index contributed by atoms with van der Waals surface area (Å²) in [6.45, 7) is 4.37. The fourth-order valence-electron chi connectivity index (χ4n) is 1.95. The number of ether oxygens (including phenoxy) is 1. The molecule has 1 aliphatic carbocycles. The van der Waals surface area contributed by atoms with Crippen LogP contribution in [-0.2, 0) is 4.74 Å². The molecule has 0 aliphatic heterocycles. The molecule has 0 radical (unpaired) electrons. The summed E-state index contributed by atoms with van der Waals surface area (Å²) in [5.74, 6) is 0.670. The molecular formula is C11H22O2. The molecule has 0 saturated heterocycles. The Balaban J connectivity index is 2.32. The van der Waals surface area contributed by atoms with Crippen LogP contribution in [0.1, 0.15) is 46.0 Å². The SMILES string of the molecule is COC1(C(O)CCC(C)C)CCC1. The zero-order valence-electron chi connectivity index (χ0n) is 9.05. The van der Waals surface area contributed by atoms with Gasteiger partial charge >= 0.3 is 0 Å². The molecule has 0 aromatic heterocycles. The molecule has 2 heteroatoms. The van der Waals surface area contributed by atoms with Crippen LogP contribution in [0.2, 0.25) is 0 Å². The van der Waals surface area contributed by atoms with Gasteiger partial charge in [-0.05, 0) is 38.0 Å². The van der Waals surface area contributed by atoms with E-state index in [9.17, 15) is 5.11 Å². The van der Waals surface area contributed by atoms with Crippen molar-refractivity contribution < 1.29 is 9.84 Å². The molecule has 1 N–H and O–H groups in total. The number of rotatable bonds is 5. The topological polar surface area (TPSA) is 29.5 Å². The van der Waals surface area contributed by atoms with E-state index < -0.39 is 0 Å². The van der Waals surface area contributed by atoms with Gasteiger partial charge in [-0.1, -0.05) is 13.8 Å². The average Bonchev–Trinajstić information content (AvgIpc) is 2.00. The second-order valence-corrected chi connectivity index (χ2v) is 4.61. The van der Waals surface area contributed by atoms with E-state index in [1.807, 2.05) is 0 Å². The molecule has 1 saturated carbocycles. The highest BCUT2D eigenvalue weighted by molar-refractivity contribution is 4.95. The van der Waals surface area contributed by atoms with Crippen LogP contribution in [0.15, 0.2) is 0 Å². The molecule has 0 aromatic carbocycles. The zero-order chi connectivity index (χ0) is 9.90. The molecular weight excluding hydrogens is 164 g/mol. The van der Waals surface area contributed by atoms with E-state index in [2.05, 4.69) is 13.8 Å². The average molecular weight is 186 g/mol. The monoisotopic (exact) mass is 186 g/mol. The van der Waals surface area contributed by atoms with Crippen LogP contribution in [-0.4, -0.2) is 23.9 Å². The number of aliphatic hydroxyl groups excluding tert-OH is 1. The van der Waals surface area contributed by atoms with Crippen molar-refractivity contribution in [2.75, 3.05) is 7.11 Å². The highest BCUT2D eigenvalue weighted by Gasteiger charge is 2.43. The molecule has 1 aliphatic rings. The third-order valence-electron chi connectivity index (χ3n) is 3.23. The minimum Gasteiger partial charge on any atom is -0.390 e. The van der Waals surface area contributed by atoms with Crippen LogP contribution >= 0.6 is 0 Å². The Morgan fingerprint density at radius 3 is 2.23 bits per heavy atom. The highest BCUT2D eigenvalue weighted by Crippen LogP contribution is 2.39. The first-order valence-corrected chi connectivity index (χ1v) is 5.34. The smallest absolute Gasteiger partial charge is 0.0936 e. The van der Waals surface area contributed by atoms with Crippen LogP contribution in [0.25, 0.3) is 0 Å². The third-order valence-corrected chi connectivity index (χ3v) is 3.23. The normalized spacial score (nSPS) is 22.8. The van der Waals surface area contributed by atoms with E-state index in [1.165, 1.54) is 6.42 Å². The number of aliphatic hydroxyl groups is 1. The Hall–Kier alpha value is -0.0800. The Labute approximate surface area is 81.3 Å². The molecule has 0 spiro atoms. The number of methoxy groups -OCH3 is 1. The van der Waals surface area contributed by atoms with Gasteiger partial charge < -0.3 is 9.84 Å². The molecule has 1 atom stereocenters. The summed E-state index contributed by atoms with van der Waals surface area (Å²) in [6, 6.07) is 0. The van der Waals surface area contributed by atoms with Crippen molar-refractivity contribution in [1.82, 2.24) is 0 Å². The quantitative estimate of drug-likeness (QED) is 0.714. The maximum Gasteiger partial charge on any atom is 0.0936 e. The number of hydrogen-bond acceptors (Lipinski definition) is 2. The summed E-state index contributed by atoms with van der Waals surface area (Å²) in [7, 11) is 1.72.